The molecule has 1 unspecified atom stereocenters. The minimum Gasteiger partial charge on any atom is -0.504 e. The zero-order valence-corrected chi connectivity index (χ0v) is 26.1. The van der Waals surface area contributed by atoms with Crippen molar-refractivity contribution in [2.45, 2.75) is 39.8 Å². The number of nitrogens with zero attached hydrogens (tertiary/aromatic N) is 6. The van der Waals surface area contributed by atoms with Crippen LogP contribution in [-0.2, 0) is 11.3 Å². The predicted octanol–water partition coefficient (Wildman–Crippen LogP) is 3.67. The van der Waals surface area contributed by atoms with Gasteiger partial charge in [0.25, 0.3) is 7.41 Å². The summed E-state index contributed by atoms with van der Waals surface area (Å²) in [6.45, 7) is 8.70. The van der Waals surface area contributed by atoms with E-state index in [-0.39, 0.29) is 46.1 Å². The third-order valence-electron chi connectivity index (χ3n) is 8.60. The fourth-order valence-corrected chi connectivity index (χ4v) is 6.62. The number of fused-ring (bicyclic) bond motifs is 2. The second kappa shape index (κ2) is 11.4. The Balaban J connectivity index is 1.36. The van der Waals surface area contributed by atoms with E-state index in [2.05, 4.69) is 29.0 Å². The van der Waals surface area contributed by atoms with E-state index in [1.165, 1.54) is 16.8 Å². The molecule has 1 atom stereocenters. The average molecular weight is 642 g/mol. The molecule has 236 valence electrons. The van der Waals surface area contributed by atoms with Crippen molar-refractivity contribution >= 4 is 59.8 Å². The number of hydrogen-bond acceptors (Lipinski definition) is 8. The van der Waals surface area contributed by atoms with Crippen LogP contribution in [0.3, 0.4) is 0 Å². The summed E-state index contributed by atoms with van der Waals surface area (Å²) in [6, 6.07) is 2.67. The van der Waals surface area contributed by atoms with Crippen molar-refractivity contribution in [2.75, 3.05) is 43.4 Å². The first-order valence-corrected chi connectivity index (χ1v) is 15.0. The number of halogens is 4. The van der Waals surface area contributed by atoms with Gasteiger partial charge in [0.2, 0.25) is 17.7 Å². The number of phenolic OH excluding ortho intramolecular Hbond substituents is 1. The van der Waals surface area contributed by atoms with E-state index >= 15 is 4.39 Å². The quantitative estimate of drug-likeness (QED) is 0.240. The van der Waals surface area contributed by atoms with Crippen LogP contribution in [0.4, 0.5) is 30.5 Å². The highest BCUT2D eigenvalue weighted by Gasteiger charge is 2.39. The summed E-state index contributed by atoms with van der Waals surface area (Å²) in [5.41, 5.74) is 0.0737. The topological polar surface area (TPSA) is 106 Å². The zero-order chi connectivity index (χ0) is 32.4. The summed E-state index contributed by atoms with van der Waals surface area (Å²) in [5.74, 6) is -3.91. The Kier molecular flexibility index (Phi) is 7.84. The van der Waals surface area contributed by atoms with Gasteiger partial charge in [-0.15, -0.1) is 0 Å². The van der Waals surface area contributed by atoms with Gasteiger partial charge in [0, 0.05) is 62.0 Å². The molecule has 1 aromatic carbocycles. The molecule has 0 spiro atoms. The lowest BCUT2D eigenvalue weighted by Crippen LogP contribution is -2.50. The Morgan fingerprint density at radius 2 is 1.98 bits per heavy atom. The van der Waals surface area contributed by atoms with Gasteiger partial charge in [0.15, 0.2) is 17.9 Å². The van der Waals surface area contributed by atoms with Crippen molar-refractivity contribution in [1.82, 2.24) is 19.3 Å². The molecule has 2 fully saturated rings. The highest BCUT2D eigenvalue weighted by Crippen LogP contribution is 2.38. The Labute approximate surface area is 263 Å². The van der Waals surface area contributed by atoms with Crippen molar-refractivity contribution < 1.29 is 27.9 Å². The molecule has 10 nitrogen and oxygen atoms in total. The molecular weight excluding hydrogens is 610 g/mol. The third kappa shape index (κ3) is 5.65. The van der Waals surface area contributed by atoms with E-state index < -0.39 is 34.8 Å². The number of rotatable bonds is 6. The molecule has 2 aromatic heterocycles. The zero-order valence-electron chi connectivity index (χ0n) is 25.3. The van der Waals surface area contributed by atoms with Gasteiger partial charge in [-0.1, -0.05) is 25.4 Å². The lowest BCUT2D eigenvalue weighted by molar-refractivity contribution is -0.116. The maximum absolute atomic E-state index is 15.3. The van der Waals surface area contributed by atoms with Crippen LogP contribution in [-0.4, -0.2) is 89.1 Å². The number of pyridine rings is 1. The van der Waals surface area contributed by atoms with Gasteiger partial charge in [-0.05, 0) is 30.9 Å². The second-order valence-electron chi connectivity index (χ2n) is 12.8. The predicted molar refractivity (Wildman–Crippen MR) is 168 cm³/mol. The van der Waals surface area contributed by atoms with Crippen LogP contribution in [0.15, 0.2) is 23.3 Å². The number of nitrogens with one attached hydrogen (secondary N) is 1. The van der Waals surface area contributed by atoms with Gasteiger partial charge in [0.1, 0.15) is 23.2 Å². The summed E-state index contributed by atoms with van der Waals surface area (Å²) in [5, 5.41) is 12.3. The fraction of sp³-hybridized carbons (Fsp3) is 0.400. The summed E-state index contributed by atoms with van der Waals surface area (Å²) >= 11 is 6.23. The van der Waals surface area contributed by atoms with Crippen LogP contribution in [0.2, 0.25) is 5.02 Å². The van der Waals surface area contributed by atoms with Gasteiger partial charge in [0.05, 0.1) is 17.1 Å². The maximum atomic E-state index is 15.3. The van der Waals surface area contributed by atoms with E-state index in [9.17, 15) is 23.5 Å². The van der Waals surface area contributed by atoms with Crippen LogP contribution in [0.1, 0.15) is 37.6 Å². The number of aromatic nitrogens is 2. The Bertz CT molecular complexity index is 1770. The molecule has 0 bridgehead atoms. The number of hydrogen-bond donors (Lipinski definition) is 2. The summed E-state index contributed by atoms with van der Waals surface area (Å²) in [7, 11) is 2.32. The molecule has 2 saturated heterocycles. The Morgan fingerprint density at radius 1 is 1.22 bits per heavy atom. The number of likely N-dealkylation sites (N-methyl/N-ethyl adjacent to an activating group) is 1. The maximum Gasteiger partial charge on any atom is 0.276 e. The molecular formula is C30H32BClF3N7O3. The highest BCUT2D eigenvalue weighted by molar-refractivity contribution is 6.59. The molecule has 2 N–H and O–H groups in total. The molecule has 5 heterocycles. The number of piperazine rings is 1. The molecule has 3 aliphatic rings. The molecule has 0 saturated carbocycles. The fourth-order valence-electron chi connectivity index (χ4n) is 6.47. The van der Waals surface area contributed by atoms with E-state index in [0.29, 0.717) is 44.0 Å². The number of aldehydes is 1. The van der Waals surface area contributed by atoms with E-state index in [1.54, 1.807) is 0 Å². The van der Waals surface area contributed by atoms with Crippen LogP contribution in [0.5, 0.6) is 5.75 Å². The van der Waals surface area contributed by atoms with Crippen molar-refractivity contribution in [3.63, 3.8) is 0 Å². The first kappa shape index (κ1) is 31.0. The van der Waals surface area contributed by atoms with Gasteiger partial charge >= 0.3 is 0 Å². The smallest absolute Gasteiger partial charge is 0.276 e. The number of carbonyl (C=O) groups excluding carboxylic acids is 2. The lowest BCUT2D eigenvalue weighted by atomic mass is 9.76. The van der Waals surface area contributed by atoms with Gasteiger partial charge in [-0.2, -0.15) is 8.78 Å². The van der Waals surface area contributed by atoms with Crippen molar-refractivity contribution in [1.29, 1.82) is 0 Å². The Hall–Kier alpha value is -4.04. The minimum atomic E-state index is -1.55. The molecule has 45 heavy (non-hydrogen) atoms. The van der Waals surface area contributed by atoms with E-state index in [4.69, 9.17) is 16.6 Å². The second-order valence-corrected chi connectivity index (χ2v) is 13.2. The highest BCUT2D eigenvalue weighted by atomic mass is 35.5. The van der Waals surface area contributed by atoms with Crippen molar-refractivity contribution in [2.24, 2.45) is 10.4 Å². The largest absolute Gasteiger partial charge is 0.504 e. The number of aromatic hydroxyl groups is 1. The molecule has 3 aromatic rings. The van der Waals surface area contributed by atoms with Gasteiger partial charge < -0.3 is 29.6 Å². The SMILES string of the molecule is CC1CN(C)CCN1c1cc(NC(=O)Cn2cc(-c3cc(C=O)c(O)c(F)c3F)c3c2N=C2CC(C)(C)CN2B3)c(Cl)c(F)n1. The van der Waals surface area contributed by atoms with Crippen molar-refractivity contribution in [3.8, 4) is 16.9 Å². The molecule has 15 heteroatoms. The first-order valence-electron chi connectivity index (χ1n) is 14.6. The summed E-state index contributed by atoms with van der Waals surface area (Å²) in [4.78, 5) is 40.0. The number of anilines is 2. The normalized spacial score (nSPS) is 19.1. The first-order chi connectivity index (χ1) is 21.3. The molecule has 0 aliphatic carbocycles. The minimum absolute atomic E-state index is 0.0499. The van der Waals surface area contributed by atoms with Gasteiger partial charge in [-0.3, -0.25) is 9.59 Å². The number of amidine groups is 1. The van der Waals surface area contributed by atoms with E-state index in [0.717, 1.165) is 25.0 Å². The lowest BCUT2D eigenvalue weighted by Gasteiger charge is -2.39. The molecule has 1 amide bonds. The third-order valence-corrected chi connectivity index (χ3v) is 8.96. The Morgan fingerprint density at radius 3 is 2.69 bits per heavy atom. The van der Waals surface area contributed by atoms with Crippen LogP contribution in [0.25, 0.3) is 11.1 Å². The monoisotopic (exact) mass is 641 g/mol. The van der Waals surface area contributed by atoms with E-state index in [1.807, 2.05) is 23.7 Å². The van der Waals surface area contributed by atoms with Gasteiger partial charge in [-0.25, -0.2) is 14.4 Å². The number of phenols is 1. The van der Waals surface area contributed by atoms with Crippen LogP contribution >= 0.6 is 11.6 Å². The summed E-state index contributed by atoms with van der Waals surface area (Å²) in [6.07, 6.45) is 2.39. The molecule has 3 aliphatic heterocycles. The molecule has 0 radical (unpaired) electrons. The van der Waals surface area contributed by atoms with Crippen molar-refractivity contribution in [3.05, 3.63) is 46.5 Å². The molecule has 6 rings (SSSR count). The number of carbonyl (C=O) groups is 2. The van der Waals surface area contributed by atoms with Crippen LogP contribution in [0, 0.1) is 23.0 Å². The summed E-state index contributed by atoms with van der Waals surface area (Å²) < 4.78 is 46.3. The standard InChI is InChI=1S/C30H32BClF3N7O3/c1-15-10-39(4)5-6-41(15)20-8-19(24(32)28(35)37-20)36-22(44)12-40-11-18(17-7-16(13-43)27(45)26(34)25(17)33)23-29(40)38-21-9-30(2,3)14-42(21)31-23/h7-8,11,13,15,31,45H,5-6,9-10,12,14H2,1-4H3,(H,36,37,44). The number of amides is 1. The number of aliphatic imine (C=N–C) groups is 1. The number of benzene rings is 1. The van der Waals surface area contributed by atoms with Crippen LogP contribution < -0.4 is 15.7 Å². The average Bonchev–Trinajstić information content (AvgIpc) is 3.47.